The van der Waals surface area contributed by atoms with Gasteiger partial charge in [0.2, 0.25) is 0 Å². The van der Waals surface area contributed by atoms with Crippen molar-refractivity contribution in [3.63, 3.8) is 0 Å². The van der Waals surface area contributed by atoms with Crippen molar-refractivity contribution in [1.29, 1.82) is 0 Å². The van der Waals surface area contributed by atoms with Gasteiger partial charge in [0.15, 0.2) is 5.54 Å². The monoisotopic (exact) mass is 392 g/mol. The van der Waals surface area contributed by atoms with Crippen molar-refractivity contribution in [1.82, 2.24) is 0 Å². The highest BCUT2D eigenvalue weighted by molar-refractivity contribution is 6.30. The Labute approximate surface area is 169 Å². The van der Waals surface area contributed by atoms with Crippen molar-refractivity contribution in [2.24, 2.45) is 10.7 Å². The zero-order chi connectivity index (χ0) is 19.7. The molecule has 0 aromatic heterocycles. The number of amidine groups is 1. The second-order valence-electron chi connectivity index (χ2n) is 6.87. The predicted molar refractivity (Wildman–Crippen MR) is 113 cm³/mol. The summed E-state index contributed by atoms with van der Waals surface area (Å²) in [6.07, 6.45) is 0. The molecule has 1 heterocycles. The molecular weight excluding hydrogens is 372 g/mol. The van der Waals surface area contributed by atoms with Crippen molar-refractivity contribution in [2.45, 2.75) is 12.5 Å². The molecule has 0 fully saturated rings. The minimum Gasteiger partial charge on any atom is -0.496 e. The number of aliphatic imine (C=N–C) groups is 1. The number of ether oxygens (including phenoxy) is 2. The normalized spacial score (nSPS) is 18.5. The van der Waals surface area contributed by atoms with Gasteiger partial charge in [0, 0.05) is 5.02 Å². The van der Waals surface area contributed by atoms with E-state index in [1.54, 1.807) is 7.11 Å². The molecule has 142 valence electrons. The first-order chi connectivity index (χ1) is 13.5. The molecule has 0 bridgehead atoms. The quantitative estimate of drug-likeness (QED) is 0.686. The van der Waals surface area contributed by atoms with Crippen LogP contribution in [0.4, 0.5) is 0 Å². The van der Waals surface area contributed by atoms with E-state index in [4.69, 9.17) is 31.8 Å². The molecule has 3 aromatic rings. The topological polar surface area (TPSA) is 56.8 Å². The number of hydrogen-bond acceptors (Lipinski definition) is 4. The Morgan fingerprint density at radius 1 is 1.00 bits per heavy atom. The van der Waals surface area contributed by atoms with Gasteiger partial charge in [-0.2, -0.15) is 0 Å². The number of hydrogen-bond donors (Lipinski definition) is 1. The molecule has 4 rings (SSSR count). The molecule has 0 amide bonds. The van der Waals surface area contributed by atoms with Crippen LogP contribution >= 0.6 is 11.6 Å². The fourth-order valence-corrected chi connectivity index (χ4v) is 3.84. The van der Waals surface area contributed by atoms with E-state index in [0.717, 1.165) is 33.6 Å². The molecule has 2 N–H and O–H groups in total. The van der Waals surface area contributed by atoms with Gasteiger partial charge in [0.25, 0.3) is 6.02 Å². The SMILES string of the molecule is COc1ccc([C@@]2(c3cccc(-c4cccc(Cl)c4)c3)COC(N)=N2)cc1C. The van der Waals surface area contributed by atoms with E-state index < -0.39 is 5.54 Å². The maximum Gasteiger partial charge on any atom is 0.283 e. The maximum atomic E-state index is 6.18. The standard InChI is InChI=1S/C23H21ClN2O2/c1-15-11-19(9-10-21(15)27-2)23(14-28-22(25)26-23)18-7-3-5-16(12-18)17-6-4-8-20(24)13-17/h3-13H,14H2,1-2H3,(H2,25,26)/t23-/m0/s1. The Hall–Kier alpha value is -2.98. The van der Waals surface area contributed by atoms with Gasteiger partial charge < -0.3 is 15.2 Å². The first-order valence-corrected chi connectivity index (χ1v) is 9.39. The number of halogens is 1. The fraction of sp³-hybridized carbons (Fsp3) is 0.174. The van der Waals surface area contributed by atoms with Crippen LogP contribution in [0.15, 0.2) is 71.7 Å². The second kappa shape index (κ2) is 7.21. The smallest absolute Gasteiger partial charge is 0.283 e. The van der Waals surface area contributed by atoms with Crippen molar-refractivity contribution in [3.8, 4) is 16.9 Å². The lowest BCUT2D eigenvalue weighted by atomic mass is 9.82. The van der Waals surface area contributed by atoms with Gasteiger partial charge in [0.1, 0.15) is 12.4 Å². The summed E-state index contributed by atoms with van der Waals surface area (Å²) in [7, 11) is 1.67. The third kappa shape index (κ3) is 3.20. The molecule has 0 spiro atoms. The lowest BCUT2D eigenvalue weighted by Gasteiger charge is -2.26. The number of nitrogens with zero attached hydrogens (tertiary/aromatic N) is 1. The molecule has 0 saturated carbocycles. The molecule has 1 aliphatic heterocycles. The van der Waals surface area contributed by atoms with Crippen LogP contribution in [0.5, 0.6) is 5.75 Å². The van der Waals surface area contributed by atoms with E-state index in [9.17, 15) is 0 Å². The highest BCUT2D eigenvalue weighted by Crippen LogP contribution is 2.40. The molecule has 3 aromatic carbocycles. The Morgan fingerprint density at radius 2 is 1.71 bits per heavy atom. The summed E-state index contributed by atoms with van der Waals surface area (Å²) in [5, 5.41) is 0.704. The van der Waals surface area contributed by atoms with Gasteiger partial charge in [-0.3, -0.25) is 0 Å². The van der Waals surface area contributed by atoms with Crippen LogP contribution in [0.2, 0.25) is 5.02 Å². The van der Waals surface area contributed by atoms with Crippen LogP contribution in [-0.2, 0) is 10.3 Å². The minimum atomic E-state index is -0.699. The van der Waals surface area contributed by atoms with Gasteiger partial charge in [0.05, 0.1) is 7.11 Å². The first kappa shape index (κ1) is 18.4. The van der Waals surface area contributed by atoms with Gasteiger partial charge in [-0.25, -0.2) is 4.99 Å². The molecule has 0 radical (unpaired) electrons. The zero-order valence-electron chi connectivity index (χ0n) is 15.8. The van der Waals surface area contributed by atoms with Crippen LogP contribution < -0.4 is 10.5 Å². The van der Waals surface area contributed by atoms with Crippen molar-refractivity contribution < 1.29 is 9.47 Å². The summed E-state index contributed by atoms with van der Waals surface area (Å²) in [6, 6.07) is 22.3. The Kier molecular flexibility index (Phi) is 4.73. The molecular formula is C23H21ClN2O2. The van der Waals surface area contributed by atoms with E-state index in [1.807, 2.05) is 49.4 Å². The second-order valence-corrected chi connectivity index (χ2v) is 7.31. The number of rotatable bonds is 4. The van der Waals surface area contributed by atoms with Crippen LogP contribution in [0.25, 0.3) is 11.1 Å². The Balaban J connectivity index is 1.86. The van der Waals surface area contributed by atoms with Crippen molar-refractivity contribution in [3.05, 3.63) is 88.4 Å². The highest BCUT2D eigenvalue weighted by atomic mass is 35.5. The number of nitrogens with two attached hydrogens (primary N) is 1. The average Bonchev–Trinajstić information content (AvgIpc) is 3.11. The van der Waals surface area contributed by atoms with Gasteiger partial charge in [-0.1, -0.05) is 48.0 Å². The summed E-state index contributed by atoms with van der Waals surface area (Å²) in [4.78, 5) is 4.71. The van der Waals surface area contributed by atoms with E-state index in [2.05, 4.69) is 24.3 Å². The van der Waals surface area contributed by atoms with E-state index >= 15 is 0 Å². The lowest BCUT2D eigenvalue weighted by molar-refractivity contribution is 0.278. The number of benzene rings is 3. The zero-order valence-corrected chi connectivity index (χ0v) is 16.5. The van der Waals surface area contributed by atoms with E-state index in [0.29, 0.717) is 11.6 Å². The van der Waals surface area contributed by atoms with Gasteiger partial charge in [-0.15, -0.1) is 0 Å². The largest absolute Gasteiger partial charge is 0.496 e. The third-order valence-electron chi connectivity index (χ3n) is 5.10. The molecule has 1 aliphatic rings. The fourth-order valence-electron chi connectivity index (χ4n) is 3.65. The molecule has 0 unspecified atom stereocenters. The van der Waals surface area contributed by atoms with Crippen molar-refractivity contribution >= 4 is 17.6 Å². The van der Waals surface area contributed by atoms with Crippen LogP contribution in [0.3, 0.4) is 0 Å². The average molecular weight is 393 g/mol. The van der Waals surface area contributed by atoms with Gasteiger partial charge in [-0.05, 0) is 65.1 Å². The summed E-state index contributed by atoms with van der Waals surface area (Å²) in [5.41, 5.74) is 10.4. The molecule has 5 heteroatoms. The van der Waals surface area contributed by atoms with E-state index in [1.165, 1.54) is 0 Å². The number of aryl methyl sites for hydroxylation is 1. The Morgan fingerprint density at radius 3 is 2.36 bits per heavy atom. The molecule has 4 nitrogen and oxygen atoms in total. The van der Waals surface area contributed by atoms with Crippen molar-refractivity contribution in [2.75, 3.05) is 13.7 Å². The highest BCUT2D eigenvalue weighted by Gasteiger charge is 2.40. The molecule has 0 saturated heterocycles. The van der Waals surface area contributed by atoms with Crippen LogP contribution in [0, 0.1) is 6.92 Å². The third-order valence-corrected chi connectivity index (χ3v) is 5.34. The summed E-state index contributed by atoms with van der Waals surface area (Å²) < 4.78 is 11.0. The van der Waals surface area contributed by atoms with Crippen LogP contribution in [-0.4, -0.2) is 19.7 Å². The van der Waals surface area contributed by atoms with Crippen LogP contribution in [0.1, 0.15) is 16.7 Å². The number of methoxy groups -OCH3 is 1. The lowest BCUT2D eigenvalue weighted by Crippen LogP contribution is -2.27. The summed E-state index contributed by atoms with van der Waals surface area (Å²) in [5.74, 6) is 0.836. The molecule has 0 aliphatic carbocycles. The molecule has 1 atom stereocenters. The minimum absolute atomic E-state index is 0.196. The summed E-state index contributed by atoms with van der Waals surface area (Å²) >= 11 is 6.18. The maximum absolute atomic E-state index is 6.18. The van der Waals surface area contributed by atoms with E-state index in [-0.39, 0.29) is 6.02 Å². The summed E-state index contributed by atoms with van der Waals surface area (Å²) in [6.45, 7) is 2.37. The predicted octanol–water partition coefficient (Wildman–Crippen LogP) is 4.91. The molecule has 28 heavy (non-hydrogen) atoms. The Bertz CT molecular complexity index is 1060. The first-order valence-electron chi connectivity index (χ1n) is 9.01. The van der Waals surface area contributed by atoms with Gasteiger partial charge >= 0.3 is 0 Å².